The number of hydrogen-bond donors (Lipinski definition) is 1. The van der Waals surface area contributed by atoms with Gasteiger partial charge >= 0.3 is 12.1 Å². The first-order valence-corrected chi connectivity index (χ1v) is 16.2. The fourth-order valence-electron chi connectivity index (χ4n) is 7.74. The van der Waals surface area contributed by atoms with Gasteiger partial charge in [-0.2, -0.15) is 0 Å². The smallest absolute Gasteiger partial charge is 0.415 e. The molecule has 1 atom stereocenters. The second kappa shape index (κ2) is 15.4. The minimum absolute atomic E-state index is 0. The van der Waals surface area contributed by atoms with Crippen molar-refractivity contribution in [3.8, 4) is 22.9 Å². The van der Waals surface area contributed by atoms with E-state index in [1.54, 1.807) is 41.7 Å². The zero-order chi connectivity index (χ0) is 31.5. The molecule has 4 aliphatic rings. The number of benzene rings is 1. The molecule has 1 amide bonds. The van der Waals surface area contributed by atoms with Crippen molar-refractivity contribution < 1.29 is 45.3 Å². The molecule has 2 aromatic heterocycles. The fourth-order valence-corrected chi connectivity index (χ4v) is 7.74. The number of pyridine rings is 2. The van der Waals surface area contributed by atoms with Crippen LogP contribution in [0.4, 0.5) is 4.79 Å². The number of aromatic nitrogens is 2. The van der Waals surface area contributed by atoms with E-state index in [2.05, 4.69) is 4.90 Å². The summed E-state index contributed by atoms with van der Waals surface area (Å²) in [5.74, 6) is 0.00791. The van der Waals surface area contributed by atoms with Crippen LogP contribution in [0.3, 0.4) is 0 Å². The standard InChI is InChI=1S/C34H40N4O7.ClH.3H2O/c1-4-21-22-18-38-26(17-24-23(31(38)39)19-44-32(40)34(24,42)5-2)29(22)35-25-9-10-27(30(43-3)28(21)25)45-33(41)37-15-11-20(12-16-37)36-13-7-6-8-14-36;;;;/h9-10,17,20,42H,4-8,11-16,18-19H2,1-3H3;1H;3*1H2/t34-;;;;/m0..../s1. The highest BCUT2D eigenvalue weighted by molar-refractivity contribution is 5.95. The first kappa shape index (κ1) is 39.6. The van der Waals surface area contributed by atoms with E-state index in [-0.39, 0.29) is 71.2 Å². The molecule has 4 aliphatic heterocycles. The van der Waals surface area contributed by atoms with Gasteiger partial charge in [0.25, 0.3) is 5.56 Å². The molecule has 7 N–H and O–H groups in total. The van der Waals surface area contributed by atoms with Crippen LogP contribution in [-0.2, 0) is 34.7 Å². The molecule has 270 valence electrons. The van der Waals surface area contributed by atoms with Crippen LogP contribution in [0, 0.1) is 0 Å². The summed E-state index contributed by atoms with van der Waals surface area (Å²) in [5.41, 5.74) is 1.97. The zero-order valence-corrected chi connectivity index (χ0v) is 28.9. The Balaban J connectivity index is 0.00000163. The van der Waals surface area contributed by atoms with E-state index in [0.717, 1.165) is 42.4 Å². The summed E-state index contributed by atoms with van der Waals surface area (Å²) in [7, 11) is 1.55. The van der Waals surface area contributed by atoms with Crippen LogP contribution >= 0.6 is 12.4 Å². The minimum atomic E-state index is -1.89. The van der Waals surface area contributed by atoms with Crippen molar-refractivity contribution in [2.75, 3.05) is 33.3 Å². The van der Waals surface area contributed by atoms with E-state index in [4.69, 9.17) is 19.2 Å². The predicted molar refractivity (Wildman–Crippen MR) is 185 cm³/mol. The highest BCUT2D eigenvalue weighted by Gasteiger charge is 2.45. The van der Waals surface area contributed by atoms with Gasteiger partial charge in [-0.3, -0.25) is 4.79 Å². The normalized spacial score (nSPS) is 19.9. The lowest BCUT2D eigenvalue weighted by Crippen LogP contribution is -2.48. The molecular formula is C34H47ClN4O10. The molecule has 6 heterocycles. The van der Waals surface area contributed by atoms with Gasteiger partial charge in [0, 0.05) is 35.6 Å². The van der Waals surface area contributed by atoms with Gasteiger partial charge in [-0.05, 0) is 75.4 Å². The lowest BCUT2D eigenvalue weighted by atomic mass is 9.86. The number of piperidine rings is 2. The fraction of sp³-hybridized carbons (Fsp3) is 0.529. The maximum absolute atomic E-state index is 13.7. The van der Waals surface area contributed by atoms with Gasteiger partial charge in [-0.1, -0.05) is 20.3 Å². The summed E-state index contributed by atoms with van der Waals surface area (Å²) in [4.78, 5) is 48.9. The summed E-state index contributed by atoms with van der Waals surface area (Å²) in [6.07, 6.45) is 6.01. The molecule has 2 fully saturated rings. The van der Waals surface area contributed by atoms with Crippen molar-refractivity contribution >= 4 is 35.4 Å². The maximum Gasteiger partial charge on any atom is 0.415 e. The lowest BCUT2D eigenvalue weighted by Gasteiger charge is -2.39. The van der Waals surface area contributed by atoms with Crippen LogP contribution in [-0.4, -0.2) is 92.3 Å². The van der Waals surface area contributed by atoms with E-state index in [1.807, 2.05) is 6.92 Å². The molecule has 14 nitrogen and oxygen atoms in total. The summed E-state index contributed by atoms with van der Waals surface area (Å²) in [6, 6.07) is 5.75. The molecule has 7 rings (SSSR count). The number of ether oxygens (including phenoxy) is 3. The van der Waals surface area contributed by atoms with Crippen molar-refractivity contribution in [3.05, 3.63) is 50.8 Å². The summed E-state index contributed by atoms with van der Waals surface area (Å²) >= 11 is 0. The molecule has 0 radical (unpaired) electrons. The van der Waals surface area contributed by atoms with Crippen LogP contribution in [0.5, 0.6) is 11.5 Å². The third-order valence-corrected chi connectivity index (χ3v) is 10.3. The van der Waals surface area contributed by atoms with Crippen molar-refractivity contribution in [1.82, 2.24) is 19.4 Å². The Morgan fingerprint density at radius 1 is 1.04 bits per heavy atom. The lowest BCUT2D eigenvalue weighted by molar-refractivity contribution is -0.172. The highest BCUT2D eigenvalue weighted by atomic mass is 35.5. The largest absolute Gasteiger partial charge is 0.492 e. The number of carbonyl (C=O) groups is 2. The molecular weight excluding hydrogens is 660 g/mol. The Kier molecular flexibility index (Phi) is 12.5. The second-order valence-corrected chi connectivity index (χ2v) is 12.5. The van der Waals surface area contributed by atoms with Gasteiger partial charge < -0.3 is 50.1 Å². The average Bonchev–Trinajstić information content (AvgIpc) is 3.44. The SMILES string of the molecule is CCc1c2c(nc3ccc(OC(=O)N4CCC(N5CCCCC5)CC4)c(OC)c13)-c1cc3c(c(=O)n1C2)COC(=O)[C@]3(O)CC.Cl.O.O.O. The van der Waals surface area contributed by atoms with Gasteiger partial charge in [0.1, 0.15) is 6.61 Å². The number of aliphatic hydroxyl groups is 1. The molecule has 0 aliphatic carbocycles. The van der Waals surface area contributed by atoms with Crippen molar-refractivity contribution in [2.45, 2.75) is 83.6 Å². The molecule has 0 saturated carbocycles. The molecule has 1 aromatic carbocycles. The predicted octanol–water partition coefficient (Wildman–Crippen LogP) is 2.05. The maximum atomic E-state index is 13.7. The molecule has 49 heavy (non-hydrogen) atoms. The number of methoxy groups -OCH3 is 1. The molecule has 0 bridgehead atoms. The molecule has 3 aromatic rings. The topological polar surface area (TPSA) is 218 Å². The van der Waals surface area contributed by atoms with Gasteiger partial charge in [-0.15, -0.1) is 12.4 Å². The van der Waals surface area contributed by atoms with Gasteiger partial charge in [0.15, 0.2) is 17.1 Å². The molecule has 2 saturated heterocycles. The number of halogens is 1. The Bertz CT molecular complexity index is 1770. The number of amides is 1. The number of carbonyl (C=O) groups excluding carboxylic acids is 2. The summed E-state index contributed by atoms with van der Waals surface area (Å²) in [5, 5.41) is 11.9. The Morgan fingerprint density at radius 2 is 1.73 bits per heavy atom. The molecule has 0 unspecified atom stereocenters. The number of nitrogens with zero attached hydrogens (tertiary/aromatic N) is 4. The average molecular weight is 707 g/mol. The summed E-state index contributed by atoms with van der Waals surface area (Å²) < 4.78 is 18.7. The second-order valence-electron chi connectivity index (χ2n) is 12.5. The third kappa shape index (κ3) is 6.37. The van der Waals surface area contributed by atoms with Crippen molar-refractivity contribution in [3.63, 3.8) is 0 Å². The van der Waals surface area contributed by atoms with Gasteiger partial charge in [0.2, 0.25) is 0 Å². The van der Waals surface area contributed by atoms with Gasteiger partial charge in [-0.25, -0.2) is 14.6 Å². The number of likely N-dealkylation sites (tertiary alicyclic amines) is 2. The number of esters is 1. The Hall–Kier alpha value is -3.79. The van der Waals surface area contributed by atoms with Crippen LogP contribution in [0.25, 0.3) is 22.3 Å². The number of rotatable bonds is 5. The third-order valence-electron chi connectivity index (χ3n) is 10.3. The van der Waals surface area contributed by atoms with E-state index < -0.39 is 11.6 Å². The van der Waals surface area contributed by atoms with E-state index in [9.17, 15) is 19.5 Å². The van der Waals surface area contributed by atoms with Crippen LogP contribution < -0.4 is 15.0 Å². The van der Waals surface area contributed by atoms with E-state index in [0.29, 0.717) is 54.0 Å². The number of fused-ring (bicyclic) bond motifs is 5. The Labute approximate surface area is 290 Å². The van der Waals surface area contributed by atoms with E-state index >= 15 is 0 Å². The number of cyclic esters (lactones) is 1. The van der Waals surface area contributed by atoms with Crippen molar-refractivity contribution in [1.29, 1.82) is 0 Å². The van der Waals surface area contributed by atoms with E-state index in [1.165, 1.54) is 19.3 Å². The highest BCUT2D eigenvalue weighted by Crippen LogP contribution is 2.44. The van der Waals surface area contributed by atoms with Gasteiger partial charge in [0.05, 0.1) is 36.1 Å². The molecule has 15 heteroatoms. The number of hydrogen-bond acceptors (Lipinski definition) is 9. The first-order valence-electron chi connectivity index (χ1n) is 16.2. The quantitative estimate of drug-likeness (QED) is 0.300. The van der Waals surface area contributed by atoms with Crippen LogP contribution in [0.2, 0.25) is 0 Å². The number of aryl methyl sites for hydroxylation is 1. The van der Waals surface area contributed by atoms with Crippen LogP contribution in [0.15, 0.2) is 23.0 Å². The monoisotopic (exact) mass is 706 g/mol. The summed E-state index contributed by atoms with van der Waals surface area (Å²) in [6.45, 7) is 7.43. The Morgan fingerprint density at radius 3 is 2.37 bits per heavy atom. The minimum Gasteiger partial charge on any atom is -0.492 e. The van der Waals surface area contributed by atoms with Crippen molar-refractivity contribution in [2.24, 2.45) is 0 Å². The molecule has 0 spiro atoms. The van der Waals surface area contributed by atoms with Crippen LogP contribution in [0.1, 0.15) is 74.6 Å². The zero-order valence-electron chi connectivity index (χ0n) is 28.1. The first-order chi connectivity index (χ1) is 21.8.